The first-order valence-electron chi connectivity index (χ1n) is 6.54. The lowest BCUT2D eigenvalue weighted by molar-refractivity contribution is -0.119. The van der Waals surface area contributed by atoms with Crippen molar-refractivity contribution in [2.45, 2.75) is 18.8 Å². The normalized spacial score (nSPS) is 17.9. The molecule has 1 aliphatic heterocycles. The molecule has 0 radical (unpaired) electrons. The maximum absolute atomic E-state index is 10.9. The van der Waals surface area contributed by atoms with E-state index in [2.05, 4.69) is 19.5 Å². The number of hydrogen-bond donors (Lipinski definition) is 1. The number of piperidine rings is 1. The number of nitrogens with two attached hydrogens (primary N) is 1. The van der Waals surface area contributed by atoms with Crippen LogP contribution in [0.3, 0.4) is 0 Å². The predicted molar refractivity (Wildman–Crippen MR) is 70.6 cm³/mol. The van der Waals surface area contributed by atoms with E-state index in [9.17, 15) is 4.79 Å². The molecular formula is C13H17N5O. The summed E-state index contributed by atoms with van der Waals surface area (Å²) in [5, 5.41) is 8.49. The minimum absolute atomic E-state index is 0.258. The molecule has 6 nitrogen and oxygen atoms in total. The van der Waals surface area contributed by atoms with Gasteiger partial charge in [0.25, 0.3) is 0 Å². The van der Waals surface area contributed by atoms with E-state index >= 15 is 0 Å². The molecule has 0 unspecified atom stereocenters. The third-order valence-corrected chi connectivity index (χ3v) is 3.67. The summed E-state index contributed by atoms with van der Waals surface area (Å²) in [7, 11) is 0. The molecule has 1 saturated heterocycles. The van der Waals surface area contributed by atoms with Crippen LogP contribution in [0, 0.1) is 0 Å². The Labute approximate surface area is 111 Å². The predicted octanol–water partition coefficient (Wildman–Crippen LogP) is 0.394. The van der Waals surface area contributed by atoms with Gasteiger partial charge in [0.1, 0.15) is 5.82 Å². The molecule has 0 aromatic carbocycles. The fourth-order valence-corrected chi connectivity index (χ4v) is 2.71. The minimum Gasteiger partial charge on any atom is -0.369 e. The summed E-state index contributed by atoms with van der Waals surface area (Å²) in [6.45, 7) is 2.12. The van der Waals surface area contributed by atoms with Crippen LogP contribution in [0.2, 0.25) is 0 Å². The molecule has 0 bridgehead atoms. The molecule has 2 N–H and O–H groups in total. The molecule has 0 aliphatic carbocycles. The van der Waals surface area contributed by atoms with Gasteiger partial charge in [0.05, 0.1) is 6.54 Å². The zero-order valence-electron chi connectivity index (χ0n) is 10.7. The van der Waals surface area contributed by atoms with Crippen LogP contribution in [0.25, 0.3) is 5.65 Å². The van der Waals surface area contributed by atoms with Crippen molar-refractivity contribution < 1.29 is 4.79 Å². The molecule has 3 rings (SSSR count). The summed E-state index contributed by atoms with van der Waals surface area (Å²) in [6, 6.07) is 5.91. The van der Waals surface area contributed by atoms with Gasteiger partial charge in [-0.1, -0.05) is 6.07 Å². The number of likely N-dealkylation sites (tertiary alicyclic amines) is 1. The molecule has 6 heteroatoms. The molecule has 0 saturated carbocycles. The summed E-state index contributed by atoms with van der Waals surface area (Å²) in [5.41, 5.74) is 6.11. The standard InChI is InChI=1S/C13H17N5O/c14-11(19)9-17-7-4-10(5-8-17)13-16-15-12-3-1-2-6-18(12)13/h1-3,6,10H,4-5,7-9H2,(H2,14,19). The summed E-state index contributed by atoms with van der Waals surface area (Å²) in [4.78, 5) is 13.0. The Hall–Kier alpha value is -1.95. The fourth-order valence-electron chi connectivity index (χ4n) is 2.71. The zero-order valence-corrected chi connectivity index (χ0v) is 10.7. The fraction of sp³-hybridized carbons (Fsp3) is 0.462. The van der Waals surface area contributed by atoms with E-state index in [0.717, 1.165) is 37.4 Å². The van der Waals surface area contributed by atoms with Gasteiger partial charge in [-0.15, -0.1) is 10.2 Å². The number of hydrogen-bond acceptors (Lipinski definition) is 4. The van der Waals surface area contributed by atoms with E-state index < -0.39 is 0 Å². The molecule has 100 valence electrons. The van der Waals surface area contributed by atoms with Gasteiger partial charge >= 0.3 is 0 Å². The van der Waals surface area contributed by atoms with E-state index in [4.69, 9.17) is 5.73 Å². The lowest BCUT2D eigenvalue weighted by atomic mass is 9.96. The number of aromatic nitrogens is 3. The number of rotatable bonds is 3. The second-order valence-electron chi connectivity index (χ2n) is 5.00. The first-order chi connectivity index (χ1) is 9.24. The topological polar surface area (TPSA) is 76.5 Å². The highest BCUT2D eigenvalue weighted by Gasteiger charge is 2.24. The van der Waals surface area contributed by atoms with Crippen molar-refractivity contribution in [2.24, 2.45) is 5.73 Å². The number of fused-ring (bicyclic) bond motifs is 1. The van der Waals surface area contributed by atoms with Crippen LogP contribution in [0.1, 0.15) is 24.6 Å². The highest BCUT2D eigenvalue weighted by atomic mass is 16.1. The van der Waals surface area contributed by atoms with Gasteiger partial charge in [0.2, 0.25) is 5.91 Å². The minimum atomic E-state index is -0.258. The van der Waals surface area contributed by atoms with E-state index in [1.807, 2.05) is 24.4 Å². The zero-order chi connectivity index (χ0) is 13.2. The van der Waals surface area contributed by atoms with Crippen LogP contribution in [0.15, 0.2) is 24.4 Å². The number of amides is 1. The maximum atomic E-state index is 10.9. The number of primary amides is 1. The van der Waals surface area contributed by atoms with Crippen molar-refractivity contribution in [1.29, 1.82) is 0 Å². The molecule has 3 heterocycles. The summed E-state index contributed by atoms with van der Waals surface area (Å²) in [6.07, 6.45) is 3.98. The Balaban J connectivity index is 1.73. The summed E-state index contributed by atoms with van der Waals surface area (Å²) >= 11 is 0. The Morgan fingerprint density at radius 1 is 1.32 bits per heavy atom. The average Bonchev–Trinajstić information content (AvgIpc) is 2.83. The van der Waals surface area contributed by atoms with Crippen molar-refractivity contribution in [2.75, 3.05) is 19.6 Å². The van der Waals surface area contributed by atoms with Crippen LogP contribution < -0.4 is 5.73 Å². The molecule has 1 fully saturated rings. The van der Waals surface area contributed by atoms with Crippen molar-refractivity contribution in [3.8, 4) is 0 Å². The van der Waals surface area contributed by atoms with Crippen LogP contribution in [0.4, 0.5) is 0 Å². The first-order valence-corrected chi connectivity index (χ1v) is 6.54. The van der Waals surface area contributed by atoms with Crippen LogP contribution in [-0.2, 0) is 4.79 Å². The second kappa shape index (κ2) is 4.97. The molecule has 1 amide bonds. The van der Waals surface area contributed by atoms with Gasteiger partial charge in [0.15, 0.2) is 5.65 Å². The lowest BCUT2D eigenvalue weighted by Crippen LogP contribution is -2.39. The van der Waals surface area contributed by atoms with Crippen molar-refractivity contribution in [1.82, 2.24) is 19.5 Å². The van der Waals surface area contributed by atoms with E-state index in [1.54, 1.807) is 0 Å². The molecule has 2 aromatic rings. The van der Waals surface area contributed by atoms with Gasteiger partial charge in [-0.25, -0.2) is 0 Å². The largest absolute Gasteiger partial charge is 0.369 e. The molecule has 19 heavy (non-hydrogen) atoms. The van der Waals surface area contributed by atoms with Gasteiger partial charge in [-0.2, -0.15) is 0 Å². The van der Waals surface area contributed by atoms with E-state index in [0.29, 0.717) is 12.5 Å². The van der Waals surface area contributed by atoms with Gasteiger partial charge in [-0.3, -0.25) is 14.1 Å². The smallest absolute Gasteiger partial charge is 0.231 e. The van der Waals surface area contributed by atoms with Crippen molar-refractivity contribution in [3.63, 3.8) is 0 Å². The van der Waals surface area contributed by atoms with Crippen LogP contribution >= 0.6 is 0 Å². The number of nitrogens with zero attached hydrogens (tertiary/aromatic N) is 4. The van der Waals surface area contributed by atoms with Crippen molar-refractivity contribution >= 4 is 11.6 Å². The van der Waals surface area contributed by atoms with Crippen LogP contribution in [-0.4, -0.2) is 45.0 Å². The SMILES string of the molecule is NC(=O)CN1CCC(c2nnc3ccccn23)CC1. The number of carbonyl (C=O) groups excluding carboxylic acids is 1. The second-order valence-corrected chi connectivity index (χ2v) is 5.00. The number of pyridine rings is 1. The van der Waals surface area contributed by atoms with Gasteiger partial charge in [0, 0.05) is 12.1 Å². The molecule has 1 aliphatic rings. The van der Waals surface area contributed by atoms with Crippen molar-refractivity contribution in [3.05, 3.63) is 30.2 Å². The number of carbonyl (C=O) groups is 1. The van der Waals surface area contributed by atoms with Gasteiger partial charge in [-0.05, 0) is 38.1 Å². The lowest BCUT2D eigenvalue weighted by Gasteiger charge is -2.30. The summed E-state index contributed by atoms with van der Waals surface area (Å²) < 4.78 is 2.05. The Morgan fingerprint density at radius 3 is 2.84 bits per heavy atom. The molecule has 0 spiro atoms. The monoisotopic (exact) mass is 259 g/mol. The molecule has 0 atom stereocenters. The maximum Gasteiger partial charge on any atom is 0.231 e. The third kappa shape index (κ3) is 2.44. The van der Waals surface area contributed by atoms with Gasteiger partial charge < -0.3 is 5.73 Å². The first kappa shape index (κ1) is 12.1. The Morgan fingerprint density at radius 2 is 2.11 bits per heavy atom. The third-order valence-electron chi connectivity index (χ3n) is 3.67. The Bertz CT molecular complexity index is 585. The summed E-state index contributed by atoms with van der Waals surface area (Å²) in [5.74, 6) is 1.17. The quantitative estimate of drug-likeness (QED) is 0.865. The van der Waals surface area contributed by atoms with E-state index in [1.165, 1.54) is 0 Å². The Kier molecular flexibility index (Phi) is 3.16. The molecule has 2 aromatic heterocycles. The van der Waals surface area contributed by atoms with Crippen LogP contribution in [0.5, 0.6) is 0 Å². The highest BCUT2D eigenvalue weighted by Crippen LogP contribution is 2.26. The average molecular weight is 259 g/mol. The molecular weight excluding hydrogens is 242 g/mol. The highest BCUT2D eigenvalue weighted by molar-refractivity contribution is 5.75. The van der Waals surface area contributed by atoms with E-state index in [-0.39, 0.29) is 5.91 Å².